The van der Waals surface area contributed by atoms with Crippen LogP contribution in [0.5, 0.6) is 11.5 Å². The molecule has 4 heteroatoms. The molecule has 41 heavy (non-hydrogen) atoms. The van der Waals surface area contributed by atoms with Gasteiger partial charge in [-0.2, -0.15) is 0 Å². The monoisotopic (exact) mass is 578 g/mol. The van der Waals surface area contributed by atoms with Gasteiger partial charge in [-0.05, 0) is 0 Å². The molecule has 2 N–H and O–H groups in total. The number of benzene rings is 5. The molecule has 0 amide bonds. The van der Waals surface area contributed by atoms with E-state index in [0.717, 1.165) is 19.0 Å². The Morgan fingerprint density at radius 1 is 0.512 bits per heavy atom. The van der Waals surface area contributed by atoms with Crippen LogP contribution in [0.3, 0.4) is 0 Å². The molecule has 2 nitrogen and oxygen atoms in total. The summed E-state index contributed by atoms with van der Waals surface area (Å²) >= 11 is 0. The van der Waals surface area contributed by atoms with E-state index in [9.17, 15) is 10.2 Å². The Bertz CT molecular complexity index is 1440. The summed E-state index contributed by atoms with van der Waals surface area (Å²) in [5.41, 5.74) is 0.245. The zero-order valence-corrected chi connectivity index (χ0v) is 26.1. The number of hydrogen-bond donors (Lipinski definition) is 2. The van der Waals surface area contributed by atoms with E-state index in [-0.39, 0.29) is 16.9 Å². The van der Waals surface area contributed by atoms with Crippen LogP contribution >= 0.6 is 15.2 Å². The Morgan fingerprint density at radius 2 is 0.878 bits per heavy atom. The second-order valence-electron chi connectivity index (χ2n) is 12.0. The van der Waals surface area contributed by atoms with E-state index in [2.05, 4.69) is 130 Å². The maximum atomic E-state index is 10.2. The molecule has 0 aliphatic rings. The molecule has 5 aromatic rings. The first-order chi connectivity index (χ1) is 19.8. The van der Waals surface area contributed by atoms with Gasteiger partial charge in [0.25, 0.3) is 0 Å². The number of phenolic OH excluding ortho intramolecular Hbond substituents is 2. The van der Waals surface area contributed by atoms with Crippen LogP contribution in [-0.2, 0) is 0 Å². The van der Waals surface area contributed by atoms with E-state index in [1.165, 1.54) is 31.8 Å². The van der Waals surface area contributed by atoms with Crippen LogP contribution in [0.25, 0.3) is 0 Å². The fourth-order valence-corrected chi connectivity index (χ4v) is 12.9. The minimum absolute atomic E-state index is 0.245. The summed E-state index contributed by atoms with van der Waals surface area (Å²) in [5.74, 6) is 0.563. The predicted molar refractivity (Wildman–Crippen MR) is 182 cm³/mol. The molecule has 0 heterocycles. The topological polar surface area (TPSA) is 40.5 Å². The first-order valence-corrected chi connectivity index (χ1v) is 17.9. The van der Waals surface area contributed by atoms with E-state index in [4.69, 9.17) is 0 Å². The van der Waals surface area contributed by atoms with Crippen LogP contribution in [0.2, 0.25) is 0 Å². The Balaban J connectivity index is 1.66. The molecule has 210 valence electrons. The minimum atomic E-state index is -2.50. The van der Waals surface area contributed by atoms with Gasteiger partial charge in [0, 0.05) is 0 Å². The number of hydrogen-bond acceptors (Lipinski definition) is 2. The normalized spacial score (nSPS) is 12.4. The summed E-state index contributed by atoms with van der Waals surface area (Å²) in [5, 5.41) is 28.3. The predicted octanol–water partition coefficient (Wildman–Crippen LogP) is 6.71. The molecule has 0 aromatic heterocycles. The first-order valence-electron chi connectivity index (χ1n) is 14.4. The van der Waals surface area contributed by atoms with E-state index in [0.29, 0.717) is 0 Å². The van der Waals surface area contributed by atoms with Crippen molar-refractivity contribution in [3.8, 4) is 11.5 Å². The summed E-state index contributed by atoms with van der Waals surface area (Å²) in [6.07, 6.45) is 3.27. The van der Waals surface area contributed by atoms with Gasteiger partial charge in [-0.15, -0.1) is 0 Å². The first kappa shape index (κ1) is 29.1. The summed E-state index contributed by atoms with van der Waals surface area (Å²) in [4.78, 5) is 0. The van der Waals surface area contributed by atoms with Crippen LogP contribution in [0.15, 0.2) is 133 Å². The molecule has 5 rings (SSSR count). The van der Waals surface area contributed by atoms with E-state index in [1.807, 2.05) is 24.3 Å². The molecule has 0 aliphatic heterocycles. The average Bonchev–Trinajstić information content (AvgIpc) is 2.98. The quantitative estimate of drug-likeness (QED) is 0.191. The molecular formula is C37H40O2P2. The third-order valence-corrected chi connectivity index (χ3v) is 15.3. The Labute approximate surface area is 246 Å². The third-order valence-electron chi connectivity index (χ3n) is 7.85. The van der Waals surface area contributed by atoms with Crippen molar-refractivity contribution in [3.63, 3.8) is 0 Å². The van der Waals surface area contributed by atoms with Crippen molar-refractivity contribution >= 4 is 47.0 Å². The molecule has 0 unspecified atom stereocenters. The SMILES string of the molecule is CC(C)(C)CCC[PH](c1ccc(O)cc1)(c1ccc(O)cc1)c1ccc(P(c2ccccc2)c2ccccc2)cc1. The van der Waals surface area contributed by atoms with Crippen molar-refractivity contribution in [1.29, 1.82) is 0 Å². The number of aromatic hydroxyl groups is 2. The van der Waals surface area contributed by atoms with Crippen molar-refractivity contribution in [1.82, 2.24) is 0 Å². The average molecular weight is 579 g/mol. The van der Waals surface area contributed by atoms with Gasteiger partial charge < -0.3 is 0 Å². The molecule has 0 aliphatic carbocycles. The molecule has 0 radical (unpaired) electrons. The second-order valence-corrected chi connectivity index (χ2v) is 18.2. The van der Waals surface area contributed by atoms with Crippen molar-refractivity contribution in [2.45, 2.75) is 33.6 Å². The van der Waals surface area contributed by atoms with Gasteiger partial charge in [-0.25, -0.2) is 0 Å². The van der Waals surface area contributed by atoms with Crippen molar-refractivity contribution in [2.75, 3.05) is 6.16 Å². The summed E-state index contributed by atoms with van der Waals surface area (Å²) in [6.45, 7) is 6.92. The van der Waals surface area contributed by atoms with Crippen molar-refractivity contribution in [2.24, 2.45) is 5.41 Å². The molecule has 0 atom stereocenters. The van der Waals surface area contributed by atoms with Crippen LogP contribution in [0.4, 0.5) is 0 Å². The van der Waals surface area contributed by atoms with Crippen LogP contribution < -0.4 is 31.8 Å². The van der Waals surface area contributed by atoms with Crippen molar-refractivity contribution in [3.05, 3.63) is 133 Å². The van der Waals surface area contributed by atoms with Gasteiger partial charge in [-0.3, -0.25) is 0 Å². The summed E-state index contributed by atoms with van der Waals surface area (Å²) in [6, 6.07) is 46.8. The van der Waals surface area contributed by atoms with Gasteiger partial charge >= 0.3 is 247 Å². The molecule has 0 saturated carbocycles. The van der Waals surface area contributed by atoms with Gasteiger partial charge in [0.2, 0.25) is 0 Å². The Hall–Kier alpha value is -3.44. The molecule has 5 aromatic carbocycles. The molecule has 0 spiro atoms. The number of rotatable bonds is 9. The van der Waals surface area contributed by atoms with E-state index >= 15 is 0 Å². The van der Waals surface area contributed by atoms with Gasteiger partial charge in [0.1, 0.15) is 0 Å². The molecule has 0 saturated heterocycles. The Kier molecular flexibility index (Phi) is 8.94. The van der Waals surface area contributed by atoms with Crippen LogP contribution in [0, 0.1) is 5.41 Å². The zero-order valence-electron chi connectivity index (χ0n) is 24.2. The molecule has 0 fully saturated rings. The third kappa shape index (κ3) is 6.73. The van der Waals surface area contributed by atoms with E-state index in [1.54, 1.807) is 0 Å². The fourth-order valence-electron chi connectivity index (χ4n) is 5.81. The maximum absolute atomic E-state index is 10.2. The van der Waals surface area contributed by atoms with Crippen LogP contribution in [0.1, 0.15) is 33.6 Å². The van der Waals surface area contributed by atoms with Gasteiger partial charge in [-0.1, -0.05) is 0 Å². The van der Waals surface area contributed by atoms with Crippen LogP contribution in [-0.4, -0.2) is 16.4 Å². The summed E-state index contributed by atoms with van der Waals surface area (Å²) < 4.78 is 0. The standard InChI is InChI=1S/C37H40O2P2/c1-37(2,3)27-10-28-41(34-21-15-29(38)16-22-34,35-23-17-30(39)18-24-35)36-25-19-33(20-26-36)40(31-11-6-4-7-12-31)32-13-8-5-9-14-32/h4-9,11-26,38-39,41H,10,27-28H2,1-3H3. The van der Waals surface area contributed by atoms with Gasteiger partial charge in [0.15, 0.2) is 0 Å². The summed E-state index contributed by atoms with van der Waals surface area (Å²) in [7, 11) is -3.19. The second kappa shape index (κ2) is 12.6. The Morgan fingerprint density at radius 3 is 1.27 bits per heavy atom. The van der Waals surface area contributed by atoms with E-state index < -0.39 is 15.2 Å². The molecular weight excluding hydrogens is 538 g/mol. The number of phenols is 2. The molecule has 0 bridgehead atoms. The fraction of sp³-hybridized carbons (Fsp3) is 0.189. The zero-order chi connectivity index (χ0) is 28.9. The van der Waals surface area contributed by atoms with Gasteiger partial charge in [0.05, 0.1) is 0 Å². The van der Waals surface area contributed by atoms with Crippen molar-refractivity contribution < 1.29 is 10.2 Å².